The fourth-order valence-corrected chi connectivity index (χ4v) is 4.39. The zero-order valence-corrected chi connectivity index (χ0v) is 19.2. The van der Waals surface area contributed by atoms with E-state index in [0.29, 0.717) is 10.6 Å². The van der Waals surface area contributed by atoms with E-state index in [1.807, 2.05) is 6.07 Å². The van der Waals surface area contributed by atoms with Crippen LogP contribution in [0.15, 0.2) is 51.8 Å². The number of nitrogens with zero attached hydrogens (tertiary/aromatic N) is 3. The molecule has 3 N–H and O–H groups in total. The normalized spacial score (nSPS) is 11.3. The highest BCUT2D eigenvalue weighted by molar-refractivity contribution is 8.00. The van der Waals surface area contributed by atoms with Crippen molar-refractivity contribution >= 4 is 51.0 Å². The largest absolute Gasteiger partial charge is 0.406 e. The van der Waals surface area contributed by atoms with Crippen molar-refractivity contribution < 1.29 is 22.0 Å². The van der Waals surface area contributed by atoms with E-state index < -0.39 is 15.8 Å². The number of hydrogen-bond acceptors (Lipinski definition) is 8. The smallest absolute Gasteiger partial charge is 0.312 e. The predicted octanol–water partition coefficient (Wildman–Crippen LogP) is 3.14. The second-order valence-electron chi connectivity index (χ2n) is 6.69. The first kappa shape index (κ1) is 23.8. The quantitative estimate of drug-likeness (QED) is 0.429. The molecule has 13 heteroatoms. The predicted molar refractivity (Wildman–Crippen MR) is 120 cm³/mol. The van der Waals surface area contributed by atoms with E-state index in [1.54, 1.807) is 18.2 Å². The number of halogens is 2. The molecule has 1 aromatic heterocycles. The van der Waals surface area contributed by atoms with Crippen LogP contribution in [0.2, 0.25) is 5.02 Å². The number of carbonyl (C=O) groups excluding carboxylic acids is 1. The number of carbonyl (C=O) groups is 1. The van der Waals surface area contributed by atoms with Gasteiger partial charge in [0.05, 0.1) is 29.3 Å². The number of benzene rings is 2. The Morgan fingerprint density at radius 2 is 2.00 bits per heavy atom. The topological polar surface area (TPSA) is 131 Å². The lowest BCUT2D eigenvalue weighted by atomic mass is 10.2. The maximum Gasteiger partial charge on any atom is 0.312 e. The molecule has 0 saturated heterocycles. The summed E-state index contributed by atoms with van der Waals surface area (Å²) in [5, 5.41) is 7.87. The van der Waals surface area contributed by atoms with Crippen LogP contribution in [0, 0.1) is 5.82 Å². The third-order valence-electron chi connectivity index (χ3n) is 4.05. The van der Waals surface area contributed by atoms with Gasteiger partial charge in [0.25, 0.3) is 0 Å². The Morgan fingerprint density at radius 3 is 2.62 bits per heavy atom. The first-order valence-electron chi connectivity index (χ1n) is 9.10. The van der Waals surface area contributed by atoms with Gasteiger partial charge in [0, 0.05) is 11.4 Å². The lowest BCUT2D eigenvalue weighted by molar-refractivity contribution is -0.129. The molecular weight excluding hydrogens is 481 g/mol. The van der Waals surface area contributed by atoms with Crippen LogP contribution in [0.4, 0.5) is 16.1 Å². The second-order valence-corrected chi connectivity index (χ2v) is 9.86. The van der Waals surface area contributed by atoms with Crippen LogP contribution in [0.5, 0.6) is 0 Å². The Bertz CT molecular complexity index is 1220. The summed E-state index contributed by atoms with van der Waals surface area (Å²) in [6.07, 6.45) is 0.924. The Morgan fingerprint density at radius 1 is 1.25 bits per heavy atom. The van der Waals surface area contributed by atoms with E-state index >= 15 is 0 Å². The highest BCUT2D eigenvalue weighted by Gasteiger charge is 2.19. The fourth-order valence-electron chi connectivity index (χ4n) is 2.68. The summed E-state index contributed by atoms with van der Waals surface area (Å²) in [6.45, 7) is -0.0304. The Labute approximate surface area is 193 Å². The maximum atomic E-state index is 14.4. The molecule has 0 saturated carbocycles. The Balaban J connectivity index is 1.77. The Kier molecular flexibility index (Phi) is 7.59. The summed E-state index contributed by atoms with van der Waals surface area (Å²) in [7, 11) is -3.63. The van der Waals surface area contributed by atoms with Crippen molar-refractivity contribution in [3.05, 3.63) is 64.8 Å². The van der Waals surface area contributed by atoms with E-state index in [2.05, 4.69) is 14.9 Å². The molecular formula is C19H19ClFN5O4S2. The third kappa shape index (κ3) is 6.84. The molecule has 3 rings (SSSR count). The molecule has 32 heavy (non-hydrogen) atoms. The summed E-state index contributed by atoms with van der Waals surface area (Å²) in [4.78, 5) is 15.1. The van der Waals surface area contributed by atoms with Crippen LogP contribution < -0.4 is 10.5 Å². The van der Waals surface area contributed by atoms with Crippen molar-refractivity contribution in [2.24, 2.45) is 0 Å². The van der Waals surface area contributed by atoms with Crippen molar-refractivity contribution in [2.75, 3.05) is 22.5 Å². The monoisotopic (exact) mass is 499 g/mol. The number of thioether (sulfide) groups is 1. The van der Waals surface area contributed by atoms with Crippen LogP contribution in [0.25, 0.3) is 0 Å². The van der Waals surface area contributed by atoms with Gasteiger partial charge >= 0.3 is 6.01 Å². The molecule has 0 radical (unpaired) electrons. The minimum absolute atomic E-state index is 0.0142. The second kappa shape index (κ2) is 10.2. The van der Waals surface area contributed by atoms with Gasteiger partial charge in [-0.15, -0.1) is 16.9 Å². The van der Waals surface area contributed by atoms with Gasteiger partial charge in [-0.3, -0.25) is 9.52 Å². The van der Waals surface area contributed by atoms with Gasteiger partial charge in [0.2, 0.25) is 21.8 Å². The molecule has 1 heterocycles. The van der Waals surface area contributed by atoms with Crippen molar-refractivity contribution in [3.63, 3.8) is 0 Å². The summed E-state index contributed by atoms with van der Waals surface area (Å²) >= 11 is 7.40. The van der Waals surface area contributed by atoms with Crippen LogP contribution in [0.1, 0.15) is 11.5 Å². The van der Waals surface area contributed by atoms with Gasteiger partial charge in [0.15, 0.2) is 0 Å². The number of anilines is 2. The molecule has 0 atom stereocenters. The van der Waals surface area contributed by atoms with Gasteiger partial charge in [-0.05, 0) is 29.8 Å². The van der Waals surface area contributed by atoms with Crippen molar-refractivity contribution in [1.82, 2.24) is 15.1 Å². The number of nitrogen functional groups attached to an aromatic ring is 1. The minimum atomic E-state index is -3.63. The van der Waals surface area contributed by atoms with Crippen LogP contribution in [-0.2, 0) is 27.9 Å². The lowest BCUT2D eigenvalue weighted by Crippen LogP contribution is -2.31. The van der Waals surface area contributed by atoms with Gasteiger partial charge < -0.3 is 15.1 Å². The van der Waals surface area contributed by atoms with Crippen LogP contribution >= 0.6 is 23.4 Å². The molecule has 3 aromatic rings. The molecule has 0 fully saturated rings. The summed E-state index contributed by atoms with van der Waals surface area (Å²) < 4.78 is 44.3. The van der Waals surface area contributed by atoms with Gasteiger partial charge in [-0.2, -0.15) is 0 Å². The van der Waals surface area contributed by atoms with E-state index in [1.165, 1.54) is 28.8 Å². The van der Waals surface area contributed by atoms with E-state index in [-0.39, 0.29) is 42.3 Å². The van der Waals surface area contributed by atoms with Gasteiger partial charge in [0.1, 0.15) is 5.82 Å². The van der Waals surface area contributed by atoms with E-state index in [0.717, 1.165) is 17.2 Å². The molecule has 2 aromatic carbocycles. The van der Waals surface area contributed by atoms with Gasteiger partial charge in [-0.25, -0.2) is 12.8 Å². The van der Waals surface area contributed by atoms with E-state index in [9.17, 15) is 17.6 Å². The fraction of sp³-hybridized carbons (Fsp3) is 0.211. The van der Waals surface area contributed by atoms with Crippen LogP contribution in [-0.4, -0.2) is 41.4 Å². The standard InChI is InChI=1S/C19H19ClFN5O4S2/c1-32(28,29)25-15-7-6-12(8-14(15)21)9-26(10-17-23-24-19(22)30-17)18(27)11-31-16-5-3-2-4-13(16)20/h2-8,25H,9-11H2,1H3,(H2,22,24). The SMILES string of the molecule is CS(=O)(=O)Nc1ccc(CN(Cc2nnc(N)o2)C(=O)CSc2ccccc2Cl)cc1F. The van der Waals surface area contributed by atoms with Crippen molar-refractivity contribution in [1.29, 1.82) is 0 Å². The zero-order valence-electron chi connectivity index (χ0n) is 16.8. The van der Waals surface area contributed by atoms with Crippen molar-refractivity contribution in [2.45, 2.75) is 18.0 Å². The molecule has 0 unspecified atom stereocenters. The highest BCUT2D eigenvalue weighted by atomic mass is 35.5. The molecule has 9 nitrogen and oxygen atoms in total. The maximum absolute atomic E-state index is 14.4. The molecule has 0 aliphatic rings. The molecule has 170 valence electrons. The number of nitrogens with two attached hydrogens (primary N) is 1. The highest BCUT2D eigenvalue weighted by Crippen LogP contribution is 2.27. The number of hydrogen-bond donors (Lipinski definition) is 2. The molecule has 0 aliphatic carbocycles. The average molecular weight is 500 g/mol. The summed E-state index contributed by atoms with van der Waals surface area (Å²) in [5.41, 5.74) is 5.70. The first-order valence-corrected chi connectivity index (χ1v) is 12.4. The number of aromatic nitrogens is 2. The first-order chi connectivity index (χ1) is 15.1. The number of nitrogens with one attached hydrogen (secondary N) is 1. The zero-order chi connectivity index (χ0) is 23.3. The lowest BCUT2D eigenvalue weighted by Gasteiger charge is -2.21. The summed E-state index contributed by atoms with van der Waals surface area (Å²) in [6, 6.07) is 10.9. The average Bonchev–Trinajstić information content (AvgIpc) is 3.12. The molecule has 0 spiro atoms. The van der Waals surface area contributed by atoms with Crippen molar-refractivity contribution in [3.8, 4) is 0 Å². The number of rotatable bonds is 9. The number of sulfonamides is 1. The molecule has 1 amide bonds. The van der Waals surface area contributed by atoms with Crippen LogP contribution in [0.3, 0.4) is 0 Å². The third-order valence-corrected chi connectivity index (χ3v) is 6.14. The van der Waals surface area contributed by atoms with Gasteiger partial charge in [-0.1, -0.05) is 34.9 Å². The number of amides is 1. The minimum Gasteiger partial charge on any atom is -0.406 e. The molecule has 0 aliphatic heterocycles. The van der Waals surface area contributed by atoms with E-state index in [4.69, 9.17) is 21.8 Å². The molecule has 0 bridgehead atoms. The summed E-state index contributed by atoms with van der Waals surface area (Å²) in [5.74, 6) is -0.878. The Hall–Kier alpha value is -2.83.